The van der Waals surface area contributed by atoms with Crippen molar-refractivity contribution < 1.29 is 22.9 Å². The summed E-state index contributed by atoms with van der Waals surface area (Å²) in [6.07, 6.45) is 0. The fourth-order valence-electron chi connectivity index (χ4n) is 0.110. The molecule has 0 bridgehead atoms. The van der Waals surface area contributed by atoms with Gasteiger partial charge < -0.3 is 5.11 Å². The number of hydrogen-bond donors (Lipinski definition) is 2. The highest BCUT2D eigenvalue weighted by Gasteiger charge is 2.40. The van der Waals surface area contributed by atoms with Crippen molar-refractivity contribution in [3.8, 4) is 0 Å². The van der Waals surface area contributed by atoms with E-state index in [4.69, 9.17) is 9.66 Å². The van der Waals surface area contributed by atoms with Gasteiger partial charge in [-0.15, -0.1) is 0 Å². The van der Waals surface area contributed by atoms with Crippen LogP contribution in [-0.2, 0) is 14.9 Å². The highest BCUT2D eigenvalue weighted by atomic mass is 32.2. The van der Waals surface area contributed by atoms with Gasteiger partial charge in [0.25, 0.3) is 10.1 Å². The van der Waals surface area contributed by atoms with Crippen LogP contribution in [0, 0.1) is 0 Å². The predicted octanol–water partition coefficient (Wildman–Crippen LogP) is -0.263. The van der Waals surface area contributed by atoms with Gasteiger partial charge in [0.05, 0.1) is 0 Å². The normalized spacial score (nSPS) is 13.1. The lowest BCUT2D eigenvalue weighted by molar-refractivity contribution is -0.139. The second-order valence-electron chi connectivity index (χ2n) is 2.29. The van der Waals surface area contributed by atoms with Crippen LogP contribution in [0.15, 0.2) is 0 Å². The largest absolute Gasteiger partial charge is 0.480 e. The smallest absolute Gasteiger partial charge is 0.326 e. The monoisotopic (exact) mass is 168 g/mol. The third-order valence-electron chi connectivity index (χ3n) is 1.16. The summed E-state index contributed by atoms with van der Waals surface area (Å²) in [5.74, 6) is -1.57. The van der Waals surface area contributed by atoms with Gasteiger partial charge in [-0.1, -0.05) is 0 Å². The lowest BCUT2D eigenvalue weighted by Gasteiger charge is -2.13. The number of hydrogen-bond acceptors (Lipinski definition) is 3. The molecule has 6 heteroatoms. The third kappa shape index (κ3) is 1.45. The molecule has 5 nitrogen and oxygen atoms in total. The van der Waals surface area contributed by atoms with Crippen LogP contribution in [0.2, 0.25) is 0 Å². The van der Waals surface area contributed by atoms with Crippen molar-refractivity contribution in [3.05, 3.63) is 0 Å². The number of carboxylic acids is 1. The van der Waals surface area contributed by atoms with Crippen LogP contribution >= 0.6 is 0 Å². The average Bonchev–Trinajstić information content (AvgIpc) is 1.62. The molecule has 0 fully saturated rings. The van der Waals surface area contributed by atoms with Gasteiger partial charge in [-0.05, 0) is 13.8 Å². The van der Waals surface area contributed by atoms with E-state index in [0.717, 1.165) is 13.8 Å². The molecular weight excluding hydrogens is 160 g/mol. The van der Waals surface area contributed by atoms with E-state index in [1.54, 1.807) is 0 Å². The summed E-state index contributed by atoms with van der Waals surface area (Å²) in [6.45, 7) is 1.81. The Morgan fingerprint density at radius 3 is 1.70 bits per heavy atom. The van der Waals surface area contributed by atoms with E-state index < -0.39 is 20.8 Å². The maximum atomic E-state index is 10.3. The zero-order valence-electron chi connectivity index (χ0n) is 5.53. The number of rotatable bonds is 2. The lowest BCUT2D eigenvalue weighted by Crippen LogP contribution is -2.39. The van der Waals surface area contributed by atoms with Gasteiger partial charge in [0, 0.05) is 0 Å². The summed E-state index contributed by atoms with van der Waals surface area (Å²) in [6, 6.07) is 0. The van der Waals surface area contributed by atoms with E-state index in [1.165, 1.54) is 0 Å². The molecule has 0 aromatic rings. The van der Waals surface area contributed by atoms with Gasteiger partial charge in [0.1, 0.15) is 0 Å². The SMILES string of the molecule is CC(C)(C(=O)O)S(=O)(=O)O. The van der Waals surface area contributed by atoms with Crippen molar-refractivity contribution in [1.29, 1.82) is 0 Å². The van der Waals surface area contributed by atoms with E-state index in [2.05, 4.69) is 0 Å². The molecule has 0 saturated carbocycles. The first-order valence-electron chi connectivity index (χ1n) is 2.40. The Balaban J connectivity index is 4.95. The summed E-state index contributed by atoms with van der Waals surface area (Å²) in [5, 5.41) is 8.24. The Morgan fingerprint density at radius 2 is 1.70 bits per heavy atom. The van der Waals surface area contributed by atoms with E-state index in [0.29, 0.717) is 0 Å². The van der Waals surface area contributed by atoms with Crippen LogP contribution in [0.4, 0.5) is 0 Å². The molecule has 0 aromatic heterocycles. The van der Waals surface area contributed by atoms with Crippen molar-refractivity contribution in [2.45, 2.75) is 18.6 Å². The molecule has 0 aromatic carbocycles. The summed E-state index contributed by atoms with van der Waals surface area (Å²) in [4.78, 5) is 10.1. The van der Waals surface area contributed by atoms with Gasteiger partial charge in [-0.3, -0.25) is 9.35 Å². The van der Waals surface area contributed by atoms with Crippen molar-refractivity contribution in [2.24, 2.45) is 0 Å². The molecule has 2 N–H and O–H groups in total. The lowest BCUT2D eigenvalue weighted by atomic mass is 10.2. The molecule has 0 saturated heterocycles. The minimum Gasteiger partial charge on any atom is -0.480 e. The first-order chi connectivity index (χ1) is 4.19. The highest BCUT2D eigenvalue weighted by molar-refractivity contribution is 7.88. The van der Waals surface area contributed by atoms with Crippen molar-refractivity contribution in [1.82, 2.24) is 0 Å². The van der Waals surface area contributed by atoms with E-state index in [1.807, 2.05) is 0 Å². The second-order valence-corrected chi connectivity index (χ2v) is 4.26. The predicted molar refractivity (Wildman–Crippen MR) is 33.3 cm³/mol. The maximum absolute atomic E-state index is 10.3. The fourth-order valence-corrected chi connectivity index (χ4v) is 0.331. The molecule has 0 unspecified atom stereocenters. The quantitative estimate of drug-likeness (QED) is 0.554. The molecular formula is C4H8O5S. The molecule has 0 aliphatic rings. The van der Waals surface area contributed by atoms with Crippen LogP contribution < -0.4 is 0 Å². The highest BCUT2D eigenvalue weighted by Crippen LogP contribution is 2.13. The number of carboxylic acid groups (broad SMARTS) is 1. The molecule has 0 radical (unpaired) electrons. The molecule has 0 heterocycles. The van der Waals surface area contributed by atoms with Gasteiger partial charge in [-0.25, -0.2) is 0 Å². The van der Waals surface area contributed by atoms with E-state index in [9.17, 15) is 13.2 Å². The molecule has 0 spiro atoms. The van der Waals surface area contributed by atoms with Crippen molar-refractivity contribution in [2.75, 3.05) is 0 Å². The number of aliphatic carboxylic acids is 1. The summed E-state index contributed by atoms with van der Waals surface area (Å²) < 4.78 is 26.7. The van der Waals surface area contributed by atoms with Crippen LogP contribution in [-0.4, -0.2) is 28.8 Å². The first kappa shape index (κ1) is 9.38. The zero-order chi connectivity index (χ0) is 8.58. The number of carbonyl (C=O) groups is 1. The molecule has 10 heavy (non-hydrogen) atoms. The Hall–Kier alpha value is -0.620. The standard InChI is InChI=1S/C4H8O5S/c1-4(2,3(5)6)10(7,8)9/h1-2H3,(H,5,6)(H,7,8,9). The van der Waals surface area contributed by atoms with Crippen LogP contribution in [0.3, 0.4) is 0 Å². The minimum absolute atomic E-state index is 0.907. The molecule has 60 valence electrons. The van der Waals surface area contributed by atoms with Gasteiger partial charge in [-0.2, -0.15) is 8.42 Å². The minimum atomic E-state index is -4.50. The van der Waals surface area contributed by atoms with Gasteiger partial charge >= 0.3 is 5.97 Å². The maximum Gasteiger partial charge on any atom is 0.326 e. The second kappa shape index (κ2) is 2.21. The van der Waals surface area contributed by atoms with E-state index in [-0.39, 0.29) is 0 Å². The summed E-state index contributed by atoms with van der Waals surface area (Å²) in [5.41, 5.74) is 0. The molecule has 0 amide bonds. The molecule has 0 aliphatic carbocycles. The summed E-state index contributed by atoms with van der Waals surface area (Å²) >= 11 is 0. The first-order valence-corrected chi connectivity index (χ1v) is 3.84. The third-order valence-corrected chi connectivity index (χ3v) is 2.62. The van der Waals surface area contributed by atoms with Crippen LogP contribution in [0.25, 0.3) is 0 Å². The summed E-state index contributed by atoms with van der Waals surface area (Å²) in [7, 11) is -4.50. The van der Waals surface area contributed by atoms with E-state index >= 15 is 0 Å². The molecule has 0 rings (SSSR count). The molecule has 0 atom stereocenters. The zero-order valence-corrected chi connectivity index (χ0v) is 6.34. The van der Waals surface area contributed by atoms with Gasteiger partial charge in [0.2, 0.25) is 0 Å². The topological polar surface area (TPSA) is 91.7 Å². The fraction of sp³-hybridized carbons (Fsp3) is 0.750. The molecule has 0 aliphatic heterocycles. The Kier molecular flexibility index (Phi) is 2.07. The average molecular weight is 168 g/mol. The van der Waals surface area contributed by atoms with Crippen LogP contribution in [0.5, 0.6) is 0 Å². The van der Waals surface area contributed by atoms with Gasteiger partial charge in [0.15, 0.2) is 4.75 Å². The van der Waals surface area contributed by atoms with Crippen molar-refractivity contribution >= 4 is 16.1 Å². The Bertz CT molecular complexity index is 236. The Morgan fingerprint density at radius 1 is 1.40 bits per heavy atom. The Labute approximate surface area is 58.4 Å². The van der Waals surface area contributed by atoms with Crippen molar-refractivity contribution in [3.63, 3.8) is 0 Å². The van der Waals surface area contributed by atoms with Crippen LogP contribution in [0.1, 0.15) is 13.8 Å².